The molecule has 4 heteroatoms. The van der Waals surface area contributed by atoms with Crippen LogP contribution in [0.4, 0.5) is 5.82 Å². The van der Waals surface area contributed by atoms with Gasteiger partial charge in [0.05, 0.1) is 11.1 Å². The number of carbonyl (C=O) groups is 1. The van der Waals surface area contributed by atoms with E-state index < -0.39 is 0 Å². The summed E-state index contributed by atoms with van der Waals surface area (Å²) in [6.07, 6.45) is 3.20. The van der Waals surface area contributed by atoms with E-state index in [-0.39, 0.29) is 5.91 Å². The Balaban J connectivity index is 2.06. The van der Waals surface area contributed by atoms with Crippen LogP contribution in [0.5, 0.6) is 0 Å². The molecule has 1 amide bonds. The Morgan fingerprint density at radius 2 is 2.15 bits per heavy atom. The van der Waals surface area contributed by atoms with Crippen LogP contribution in [0.3, 0.4) is 0 Å². The zero-order chi connectivity index (χ0) is 14.1. The van der Waals surface area contributed by atoms with Gasteiger partial charge in [0.1, 0.15) is 5.82 Å². The fourth-order valence-corrected chi connectivity index (χ4v) is 2.60. The lowest BCUT2D eigenvalue weighted by Gasteiger charge is -2.22. The second-order valence-electron chi connectivity index (χ2n) is 5.34. The maximum atomic E-state index is 12.8. The number of hydrogen-bond acceptors (Lipinski definition) is 3. The number of hydrogen-bond donors (Lipinski definition) is 1. The Kier molecular flexibility index (Phi) is 3.30. The highest BCUT2D eigenvalue weighted by molar-refractivity contribution is 6.07. The predicted octanol–water partition coefficient (Wildman–Crippen LogP) is 2.83. The Bertz CT molecular complexity index is 649. The summed E-state index contributed by atoms with van der Waals surface area (Å²) in [5.41, 5.74) is 7.30. The summed E-state index contributed by atoms with van der Waals surface area (Å²) >= 11 is 0. The van der Waals surface area contributed by atoms with Crippen LogP contribution in [0.15, 0.2) is 30.3 Å². The van der Waals surface area contributed by atoms with Crippen molar-refractivity contribution in [2.75, 3.05) is 12.3 Å². The predicted molar refractivity (Wildman–Crippen MR) is 80.5 cm³/mol. The summed E-state index contributed by atoms with van der Waals surface area (Å²) in [6.45, 7) is 2.90. The third kappa shape index (κ3) is 2.33. The van der Waals surface area contributed by atoms with Crippen LogP contribution in [0.25, 0.3) is 10.9 Å². The van der Waals surface area contributed by atoms with E-state index in [2.05, 4.69) is 11.9 Å². The van der Waals surface area contributed by atoms with Crippen LogP contribution < -0.4 is 5.73 Å². The molecule has 3 rings (SSSR count). The van der Waals surface area contributed by atoms with E-state index in [1.54, 1.807) is 6.07 Å². The zero-order valence-electron chi connectivity index (χ0n) is 11.7. The van der Waals surface area contributed by atoms with Gasteiger partial charge in [0.25, 0.3) is 5.91 Å². The molecule has 1 aliphatic carbocycles. The monoisotopic (exact) mass is 269 g/mol. The van der Waals surface area contributed by atoms with Gasteiger partial charge >= 0.3 is 0 Å². The molecule has 104 valence electrons. The minimum Gasteiger partial charge on any atom is -0.384 e. The molecular weight excluding hydrogens is 250 g/mol. The molecule has 1 aliphatic rings. The van der Waals surface area contributed by atoms with Crippen molar-refractivity contribution in [3.05, 3.63) is 35.9 Å². The maximum absolute atomic E-state index is 12.8. The standard InChI is InChI=1S/C16H19N3O/c1-2-9-19(11-7-8-11)16(20)13-10-15(17)18-14-6-4-3-5-12(13)14/h3-6,10-11H,2,7-9H2,1H3,(H2,17,18). The summed E-state index contributed by atoms with van der Waals surface area (Å²) < 4.78 is 0. The molecule has 1 aromatic carbocycles. The Hall–Kier alpha value is -2.10. The van der Waals surface area contributed by atoms with E-state index in [0.717, 1.165) is 36.7 Å². The molecule has 1 saturated carbocycles. The molecule has 0 bridgehead atoms. The van der Waals surface area contributed by atoms with Gasteiger partial charge in [-0.2, -0.15) is 0 Å². The molecule has 0 radical (unpaired) electrons. The fourth-order valence-electron chi connectivity index (χ4n) is 2.60. The summed E-state index contributed by atoms with van der Waals surface area (Å²) in [5, 5.41) is 0.883. The van der Waals surface area contributed by atoms with Crippen molar-refractivity contribution in [2.24, 2.45) is 0 Å². The van der Waals surface area contributed by atoms with E-state index in [1.807, 2.05) is 29.2 Å². The van der Waals surface area contributed by atoms with E-state index in [0.29, 0.717) is 17.4 Å². The van der Waals surface area contributed by atoms with Gasteiger partial charge in [-0.3, -0.25) is 4.79 Å². The summed E-state index contributed by atoms with van der Waals surface area (Å²) in [5.74, 6) is 0.485. The number of aromatic nitrogens is 1. The number of pyridine rings is 1. The number of anilines is 1. The summed E-state index contributed by atoms with van der Waals surface area (Å²) in [6, 6.07) is 9.79. The minimum absolute atomic E-state index is 0.0830. The Morgan fingerprint density at radius 3 is 2.85 bits per heavy atom. The van der Waals surface area contributed by atoms with E-state index in [9.17, 15) is 4.79 Å². The third-order valence-corrected chi connectivity index (χ3v) is 3.68. The number of nitrogens with zero attached hydrogens (tertiary/aromatic N) is 2. The first-order valence-electron chi connectivity index (χ1n) is 7.17. The number of benzene rings is 1. The highest BCUT2D eigenvalue weighted by atomic mass is 16.2. The molecule has 1 aromatic heterocycles. The fraction of sp³-hybridized carbons (Fsp3) is 0.375. The lowest BCUT2D eigenvalue weighted by molar-refractivity contribution is 0.0745. The molecule has 20 heavy (non-hydrogen) atoms. The molecular formula is C16H19N3O. The van der Waals surface area contributed by atoms with Crippen molar-refractivity contribution in [1.82, 2.24) is 9.88 Å². The third-order valence-electron chi connectivity index (χ3n) is 3.68. The van der Waals surface area contributed by atoms with Crippen molar-refractivity contribution in [3.8, 4) is 0 Å². The lowest BCUT2D eigenvalue weighted by Crippen LogP contribution is -2.34. The second kappa shape index (κ2) is 5.12. The van der Waals surface area contributed by atoms with Crippen LogP contribution in [0.1, 0.15) is 36.5 Å². The van der Waals surface area contributed by atoms with Crippen LogP contribution in [0, 0.1) is 0 Å². The van der Waals surface area contributed by atoms with Crippen molar-refractivity contribution in [2.45, 2.75) is 32.2 Å². The van der Waals surface area contributed by atoms with Gasteiger partial charge in [-0.25, -0.2) is 4.98 Å². The number of nitrogen functional groups attached to an aromatic ring is 1. The first kappa shape index (κ1) is 12.9. The Morgan fingerprint density at radius 1 is 1.40 bits per heavy atom. The lowest BCUT2D eigenvalue weighted by atomic mass is 10.1. The quantitative estimate of drug-likeness (QED) is 0.928. The molecule has 0 saturated heterocycles. The van der Waals surface area contributed by atoms with E-state index >= 15 is 0 Å². The molecule has 0 unspecified atom stereocenters. The van der Waals surface area contributed by atoms with Gasteiger partial charge in [0.15, 0.2) is 0 Å². The maximum Gasteiger partial charge on any atom is 0.254 e. The molecule has 1 fully saturated rings. The number of carbonyl (C=O) groups excluding carboxylic acids is 1. The number of para-hydroxylation sites is 1. The minimum atomic E-state index is 0.0830. The van der Waals surface area contributed by atoms with E-state index in [1.165, 1.54) is 0 Å². The average Bonchev–Trinajstić information content (AvgIpc) is 3.27. The molecule has 2 N–H and O–H groups in total. The van der Waals surface area contributed by atoms with Crippen LogP contribution in [-0.2, 0) is 0 Å². The van der Waals surface area contributed by atoms with Gasteiger partial charge in [0, 0.05) is 18.0 Å². The molecule has 0 spiro atoms. The first-order chi connectivity index (χ1) is 9.70. The van der Waals surface area contributed by atoms with Crippen LogP contribution in [-0.4, -0.2) is 28.4 Å². The topological polar surface area (TPSA) is 59.2 Å². The molecule has 4 nitrogen and oxygen atoms in total. The molecule has 0 atom stereocenters. The Labute approximate surface area is 118 Å². The van der Waals surface area contributed by atoms with Gasteiger partial charge < -0.3 is 10.6 Å². The normalized spacial score (nSPS) is 14.4. The molecule has 0 aliphatic heterocycles. The van der Waals surface area contributed by atoms with Gasteiger partial charge in [0.2, 0.25) is 0 Å². The SMILES string of the molecule is CCCN(C(=O)c1cc(N)nc2ccccc12)C1CC1. The number of nitrogens with two attached hydrogens (primary N) is 1. The summed E-state index contributed by atoms with van der Waals surface area (Å²) in [7, 11) is 0. The van der Waals surface area contributed by atoms with Crippen molar-refractivity contribution < 1.29 is 4.79 Å². The number of amides is 1. The van der Waals surface area contributed by atoms with Gasteiger partial charge in [-0.05, 0) is 31.4 Å². The van der Waals surface area contributed by atoms with Crippen LogP contribution in [0.2, 0.25) is 0 Å². The number of fused-ring (bicyclic) bond motifs is 1. The molecule has 2 aromatic rings. The second-order valence-corrected chi connectivity index (χ2v) is 5.34. The van der Waals surface area contributed by atoms with Crippen molar-refractivity contribution in [3.63, 3.8) is 0 Å². The van der Waals surface area contributed by atoms with Crippen LogP contribution >= 0.6 is 0 Å². The highest BCUT2D eigenvalue weighted by Crippen LogP contribution is 2.30. The zero-order valence-corrected chi connectivity index (χ0v) is 11.7. The first-order valence-corrected chi connectivity index (χ1v) is 7.17. The van der Waals surface area contributed by atoms with E-state index in [4.69, 9.17) is 5.73 Å². The molecule has 1 heterocycles. The largest absolute Gasteiger partial charge is 0.384 e. The summed E-state index contributed by atoms with van der Waals surface area (Å²) in [4.78, 5) is 19.1. The van der Waals surface area contributed by atoms with Gasteiger partial charge in [-0.15, -0.1) is 0 Å². The average molecular weight is 269 g/mol. The number of rotatable bonds is 4. The van der Waals surface area contributed by atoms with Gasteiger partial charge in [-0.1, -0.05) is 25.1 Å². The smallest absolute Gasteiger partial charge is 0.254 e. The highest BCUT2D eigenvalue weighted by Gasteiger charge is 2.33. The van der Waals surface area contributed by atoms with Crippen molar-refractivity contribution in [1.29, 1.82) is 0 Å². The van der Waals surface area contributed by atoms with Crippen molar-refractivity contribution >= 4 is 22.6 Å².